The van der Waals surface area contributed by atoms with Gasteiger partial charge in [-0.3, -0.25) is 9.69 Å². The fourth-order valence-corrected chi connectivity index (χ4v) is 2.77. The van der Waals surface area contributed by atoms with Gasteiger partial charge in [0.05, 0.1) is 19.1 Å². The van der Waals surface area contributed by atoms with Gasteiger partial charge in [0.25, 0.3) is 0 Å². The van der Waals surface area contributed by atoms with Crippen LogP contribution in [0.25, 0.3) is 0 Å². The van der Waals surface area contributed by atoms with Gasteiger partial charge in [0.2, 0.25) is 0 Å². The lowest BCUT2D eigenvalue weighted by molar-refractivity contribution is -0.149. The van der Waals surface area contributed by atoms with Crippen molar-refractivity contribution in [2.45, 2.75) is 33.2 Å². The first kappa shape index (κ1) is 16.6. The molecule has 0 bridgehead atoms. The largest absolute Gasteiger partial charge is 0.504 e. The second-order valence-corrected chi connectivity index (χ2v) is 5.54. The number of piperidine rings is 1. The molecule has 1 N–H and O–H groups in total. The number of aromatic hydroxyl groups is 1. The van der Waals surface area contributed by atoms with Crippen LogP contribution in [0.1, 0.15) is 32.3 Å². The Bertz CT molecular complexity index is 495. The van der Waals surface area contributed by atoms with Gasteiger partial charge >= 0.3 is 5.97 Å². The quantitative estimate of drug-likeness (QED) is 0.819. The van der Waals surface area contributed by atoms with Crippen molar-refractivity contribution < 1.29 is 19.4 Å². The maximum absolute atomic E-state index is 11.7. The molecule has 5 heteroatoms. The maximum Gasteiger partial charge on any atom is 0.309 e. The monoisotopic (exact) mass is 307 g/mol. The summed E-state index contributed by atoms with van der Waals surface area (Å²) in [4.78, 5) is 14.0. The van der Waals surface area contributed by atoms with Gasteiger partial charge in [-0.2, -0.15) is 0 Å². The Balaban J connectivity index is 1.88. The summed E-state index contributed by atoms with van der Waals surface area (Å²) in [5, 5.41) is 9.73. The zero-order valence-corrected chi connectivity index (χ0v) is 13.4. The second kappa shape index (κ2) is 8.03. The van der Waals surface area contributed by atoms with Crippen LogP contribution in [0, 0.1) is 5.92 Å². The third-order valence-electron chi connectivity index (χ3n) is 3.94. The van der Waals surface area contributed by atoms with Gasteiger partial charge in [-0.1, -0.05) is 6.07 Å². The van der Waals surface area contributed by atoms with Crippen LogP contribution in [0.3, 0.4) is 0 Å². The van der Waals surface area contributed by atoms with Gasteiger partial charge in [-0.25, -0.2) is 0 Å². The zero-order valence-electron chi connectivity index (χ0n) is 13.4. The summed E-state index contributed by atoms with van der Waals surface area (Å²) in [7, 11) is 0. The maximum atomic E-state index is 11.7. The molecule has 22 heavy (non-hydrogen) atoms. The van der Waals surface area contributed by atoms with E-state index in [2.05, 4.69) is 4.90 Å². The molecule has 122 valence electrons. The number of phenolic OH excluding ortho intramolecular Hbond substituents is 1. The molecule has 1 aliphatic rings. The number of hydrogen-bond donors (Lipinski definition) is 1. The number of carbonyl (C=O) groups is 1. The molecule has 1 saturated heterocycles. The third kappa shape index (κ3) is 4.37. The average molecular weight is 307 g/mol. The summed E-state index contributed by atoms with van der Waals surface area (Å²) < 4.78 is 10.5. The number of rotatable bonds is 6. The van der Waals surface area contributed by atoms with Crippen LogP contribution in [0.5, 0.6) is 11.5 Å². The normalized spacial score (nSPS) is 16.5. The van der Waals surface area contributed by atoms with E-state index in [0.29, 0.717) is 19.0 Å². The van der Waals surface area contributed by atoms with E-state index in [9.17, 15) is 9.90 Å². The van der Waals surface area contributed by atoms with Crippen LogP contribution in [-0.4, -0.2) is 42.3 Å². The zero-order chi connectivity index (χ0) is 15.9. The predicted molar refractivity (Wildman–Crippen MR) is 83.9 cm³/mol. The van der Waals surface area contributed by atoms with E-state index >= 15 is 0 Å². The Morgan fingerprint density at radius 2 is 2.00 bits per heavy atom. The number of likely N-dealkylation sites (tertiary alicyclic amines) is 1. The molecule has 5 nitrogen and oxygen atoms in total. The van der Waals surface area contributed by atoms with E-state index in [1.165, 1.54) is 0 Å². The van der Waals surface area contributed by atoms with Crippen LogP contribution in [0.15, 0.2) is 18.2 Å². The minimum atomic E-state index is -0.0644. The van der Waals surface area contributed by atoms with E-state index in [1.807, 2.05) is 26.0 Å². The SMILES string of the molecule is CCOC(=O)C1CCN(Cc2ccc(O)c(OCC)c2)CC1. The molecule has 0 aliphatic carbocycles. The van der Waals surface area contributed by atoms with Crippen molar-refractivity contribution in [3.63, 3.8) is 0 Å². The highest BCUT2D eigenvalue weighted by atomic mass is 16.5. The Morgan fingerprint density at radius 3 is 2.64 bits per heavy atom. The van der Waals surface area contributed by atoms with Crippen LogP contribution >= 0.6 is 0 Å². The van der Waals surface area contributed by atoms with Crippen molar-refractivity contribution in [1.29, 1.82) is 0 Å². The molecule has 1 aliphatic heterocycles. The van der Waals surface area contributed by atoms with Crippen LogP contribution in [0.4, 0.5) is 0 Å². The lowest BCUT2D eigenvalue weighted by Gasteiger charge is -2.30. The lowest BCUT2D eigenvalue weighted by Crippen LogP contribution is -2.36. The third-order valence-corrected chi connectivity index (χ3v) is 3.94. The van der Waals surface area contributed by atoms with E-state index in [-0.39, 0.29) is 17.6 Å². The van der Waals surface area contributed by atoms with Crippen LogP contribution in [-0.2, 0) is 16.1 Å². The smallest absolute Gasteiger partial charge is 0.309 e. The molecule has 0 radical (unpaired) electrons. The molecular weight excluding hydrogens is 282 g/mol. The van der Waals surface area contributed by atoms with E-state index in [4.69, 9.17) is 9.47 Å². The highest BCUT2D eigenvalue weighted by Crippen LogP contribution is 2.28. The number of esters is 1. The summed E-state index contributed by atoms with van der Waals surface area (Å²) >= 11 is 0. The van der Waals surface area contributed by atoms with Crippen LogP contribution < -0.4 is 4.74 Å². The number of carbonyl (C=O) groups excluding carboxylic acids is 1. The first-order valence-corrected chi connectivity index (χ1v) is 7.97. The Morgan fingerprint density at radius 1 is 1.27 bits per heavy atom. The molecule has 0 saturated carbocycles. The Labute approximate surface area is 131 Å². The summed E-state index contributed by atoms with van der Waals surface area (Å²) in [5.74, 6) is 0.674. The van der Waals surface area contributed by atoms with Gasteiger partial charge in [-0.15, -0.1) is 0 Å². The predicted octanol–water partition coefficient (Wildman–Crippen LogP) is 2.57. The fraction of sp³-hybridized carbons (Fsp3) is 0.588. The van der Waals surface area contributed by atoms with Gasteiger partial charge in [0, 0.05) is 6.54 Å². The van der Waals surface area contributed by atoms with E-state index < -0.39 is 0 Å². The molecule has 0 spiro atoms. The molecule has 0 atom stereocenters. The standard InChI is InChI=1S/C17H25NO4/c1-3-21-16-11-13(5-6-15(16)19)12-18-9-7-14(8-10-18)17(20)22-4-2/h5-6,11,14,19H,3-4,7-10,12H2,1-2H3. The summed E-state index contributed by atoms with van der Waals surface area (Å²) in [6, 6.07) is 5.47. The minimum Gasteiger partial charge on any atom is -0.504 e. The number of ether oxygens (including phenoxy) is 2. The van der Waals surface area contributed by atoms with Crippen molar-refractivity contribution in [3.05, 3.63) is 23.8 Å². The lowest BCUT2D eigenvalue weighted by atomic mass is 9.96. The number of phenols is 1. The fourth-order valence-electron chi connectivity index (χ4n) is 2.77. The van der Waals surface area contributed by atoms with E-state index in [0.717, 1.165) is 38.0 Å². The molecule has 0 unspecified atom stereocenters. The molecule has 1 aromatic rings. The molecule has 0 aromatic heterocycles. The first-order valence-electron chi connectivity index (χ1n) is 7.97. The molecule has 1 heterocycles. The summed E-state index contributed by atoms with van der Waals surface area (Å²) in [5.41, 5.74) is 1.11. The van der Waals surface area contributed by atoms with Crippen LogP contribution in [0.2, 0.25) is 0 Å². The summed E-state index contributed by atoms with van der Waals surface area (Å²) in [6.45, 7) is 7.29. The highest BCUT2D eigenvalue weighted by molar-refractivity contribution is 5.72. The molecule has 1 aromatic carbocycles. The molecule has 2 rings (SSSR count). The average Bonchev–Trinajstić information content (AvgIpc) is 2.52. The van der Waals surface area contributed by atoms with Gasteiger partial charge < -0.3 is 14.6 Å². The number of benzene rings is 1. The van der Waals surface area contributed by atoms with Gasteiger partial charge in [0.15, 0.2) is 11.5 Å². The minimum absolute atomic E-state index is 0.0370. The molecule has 0 amide bonds. The van der Waals surface area contributed by atoms with Crippen molar-refractivity contribution in [3.8, 4) is 11.5 Å². The molecule has 1 fully saturated rings. The number of nitrogens with zero attached hydrogens (tertiary/aromatic N) is 1. The second-order valence-electron chi connectivity index (χ2n) is 5.54. The first-order chi connectivity index (χ1) is 10.6. The summed E-state index contributed by atoms with van der Waals surface area (Å²) in [6.07, 6.45) is 1.68. The van der Waals surface area contributed by atoms with Crippen molar-refractivity contribution >= 4 is 5.97 Å². The van der Waals surface area contributed by atoms with Crippen molar-refractivity contribution in [2.24, 2.45) is 5.92 Å². The van der Waals surface area contributed by atoms with E-state index in [1.54, 1.807) is 6.07 Å². The van der Waals surface area contributed by atoms with Gasteiger partial charge in [-0.05, 0) is 57.5 Å². The molecular formula is C17H25NO4. The topological polar surface area (TPSA) is 59.0 Å². The Kier molecular flexibility index (Phi) is 6.07. The van der Waals surface area contributed by atoms with Crippen molar-refractivity contribution in [2.75, 3.05) is 26.3 Å². The number of hydrogen-bond acceptors (Lipinski definition) is 5. The highest BCUT2D eigenvalue weighted by Gasteiger charge is 2.25. The van der Waals surface area contributed by atoms with Gasteiger partial charge in [0.1, 0.15) is 0 Å². The Hall–Kier alpha value is -1.75. The van der Waals surface area contributed by atoms with Crippen molar-refractivity contribution in [1.82, 2.24) is 4.90 Å².